The largest absolute Gasteiger partial charge is 0.492 e. The number of aromatic nitrogens is 5. The van der Waals surface area contributed by atoms with Crippen LogP contribution in [0.1, 0.15) is 17.8 Å². The highest BCUT2D eigenvalue weighted by molar-refractivity contribution is 6.15. The quantitative estimate of drug-likeness (QED) is 0.159. The van der Waals surface area contributed by atoms with Crippen molar-refractivity contribution in [3.8, 4) is 62.2 Å². The van der Waals surface area contributed by atoms with Crippen molar-refractivity contribution in [1.29, 1.82) is 0 Å². The van der Waals surface area contributed by atoms with Gasteiger partial charge in [-0.25, -0.2) is 15.0 Å². The number of furan rings is 1. The van der Waals surface area contributed by atoms with Crippen LogP contribution in [-0.4, -0.2) is 30.7 Å². The fraction of sp³-hybridized carbons (Fsp3) is 0.0429. The predicted molar refractivity (Wildman–Crippen MR) is 313 cm³/mol. The number of rotatable bonds is 7. The van der Waals surface area contributed by atoms with Crippen LogP contribution in [0.4, 0.5) is 0 Å². The zero-order valence-corrected chi connectivity index (χ0v) is 41.6. The zero-order chi connectivity index (χ0) is 50.6. The standard InChI is InChI=1S/C70H45N5O2/c1-2-15-44(16-3-1)67-71-68(45-35-37-70(38-36-45)43-76-64-30-11-7-26-59(64)70)73-69(72-67)49-19-13-20-50(40-49)75-62-34-32-51(74-60-27-8-4-21-53(60)54-22-5-9-28-61(54)74)42-58(62)57-25-14-24-52(66(57)75)48-18-12-17-46(39-48)47-31-33-56-55-23-6-10-29-63(55)77-65(56)41-47/h1-37,39-42H,38,43H2. The van der Waals surface area contributed by atoms with Gasteiger partial charge in [0.05, 0.1) is 27.5 Å². The lowest BCUT2D eigenvalue weighted by atomic mass is 9.76. The number of fused-ring (bicyclic) bond motifs is 11. The Hall–Kier alpha value is -10.1. The molecule has 7 nitrogen and oxygen atoms in total. The van der Waals surface area contributed by atoms with Gasteiger partial charge in [0, 0.05) is 71.5 Å². The molecule has 1 aliphatic carbocycles. The Balaban J connectivity index is 0.876. The smallest absolute Gasteiger partial charge is 0.164 e. The summed E-state index contributed by atoms with van der Waals surface area (Å²) < 4.78 is 17.4. The molecular weight excluding hydrogens is 943 g/mol. The molecule has 1 atom stereocenters. The number of hydrogen-bond donors (Lipinski definition) is 0. The third kappa shape index (κ3) is 6.87. The van der Waals surface area contributed by atoms with E-state index in [-0.39, 0.29) is 5.41 Å². The van der Waals surface area contributed by atoms with E-state index in [2.05, 4.69) is 221 Å². The maximum Gasteiger partial charge on any atom is 0.164 e. The van der Waals surface area contributed by atoms with Gasteiger partial charge in [-0.1, -0.05) is 176 Å². The fourth-order valence-electron chi connectivity index (χ4n) is 12.2. The van der Waals surface area contributed by atoms with E-state index in [1.807, 2.05) is 36.4 Å². The minimum atomic E-state index is -0.219. The summed E-state index contributed by atoms with van der Waals surface area (Å²) in [6.45, 7) is 0.605. The first kappa shape index (κ1) is 43.3. The van der Waals surface area contributed by atoms with Gasteiger partial charge in [-0.3, -0.25) is 0 Å². The molecule has 1 aliphatic heterocycles. The normalized spacial score (nSPS) is 15.1. The molecule has 0 saturated heterocycles. The molecule has 4 aromatic heterocycles. The zero-order valence-electron chi connectivity index (χ0n) is 41.6. The Morgan fingerprint density at radius 3 is 1.88 bits per heavy atom. The minimum Gasteiger partial charge on any atom is -0.492 e. The van der Waals surface area contributed by atoms with Gasteiger partial charge in [0.1, 0.15) is 23.5 Å². The molecule has 0 N–H and O–H groups in total. The van der Waals surface area contributed by atoms with Crippen LogP contribution in [-0.2, 0) is 5.41 Å². The summed E-state index contributed by atoms with van der Waals surface area (Å²) in [4.78, 5) is 15.7. The molecule has 0 radical (unpaired) electrons. The number of ether oxygens (including phenoxy) is 1. The summed E-state index contributed by atoms with van der Waals surface area (Å²) in [5.41, 5.74) is 16.6. The summed E-state index contributed by atoms with van der Waals surface area (Å²) in [7, 11) is 0. The number of benzene rings is 10. The molecule has 1 spiro atoms. The van der Waals surface area contributed by atoms with Gasteiger partial charge in [-0.15, -0.1) is 0 Å². The second-order valence-electron chi connectivity index (χ2n) is 20.4. The van der Waals surface area contributed by atoms with E-state index in [4.69, 9.17) is 24.1 Å². The molecule has 5 heterocycles. The van der Waals surface area contributed by atoms with Crippen LogP contribution in [0, 0.1) is 0 Å². The van der Waals surface area contributed by atoms with Gasteiger partial charge < -0.3 is 18.3 Å². The molecular formula is C70H45N5O2. The van der Waals surface area contributed by atoms with Crippen molar-refractivity contribution in [2.24, 2.45) is 0 Å². The molecule has 77 heavy (non-hydrogen) atoms. The molecule has 0 bridgehead atoms. The number of para-hydroxylation sites is 5. The molecule has 2 aliphatic rings. The Kier molecular flexibility index (Phi) is 9.54. The van der Waals surface area contributed by atoms with Crippen LogP contribution in [0.3, 0.4) is 0 Å². The molecule has 7 heteroatoms. The summed E-state index contributed by atoms with van der Waals surface area (Å²) in [6.07, 6.45) is 7.48. The SMILES string of the molecule is C1=CC2(CC=C1c1nc(-c3ccccc3)nc(-c3cccc(-n4c5ccc(-n6c7ccccc7c7ccccc76)cc5c5cccc(-c6cccc(-c7ccc8c(c7)oc7ccccc78)c6)c54)c3)n1)COc1ccccc12. The van der Waals surface area contributed by atoms with Crippen LogP contribution in [0.15, 0.2) is 253 Å². The van der Waals surface area contributed by atoms with Gasteiger partial charge in [0.25, 0.3) is 0 Å². The van der Waals surface area contributed by atoms with E-state index in [0.29, 0.717) is 24.1 Å². The van der Waals surface area contributed by atoms with Gasteiger partial charge >= 0.3 is 0 Å². The first-order valence-corrected chi connectivity index (χ1v) is 26.2. The predicted octanol–water partition coefficient (Wildman–Crippen LogP) is 17.3. The molecule has 0 amide bonds. The molecule has 0 fully saturated rings. The van der Waals surface area contributed by atoms with Crippen molar-refractivity contribution in [3.63, 3.8) is 0 Å². The average molecular weight is 988 g/mol. The highest BCUT2D eigenvalue weighted by Gasteiger charge is 2.39. The Bertz CT molecular complexity index is 4750. The third-order valence-corrected chi connectivity index (χ3v) is 16.0. The molecule has 16 rings (SSSR count). The van der Waals surface area contributed by atoms with Crippen molar-refractivity contribution >= 4 is 71.1 Å². The fourth-order valence-corrected chi connectivity index (χ4v) is 12.2. The molecule has 362 valence electrons. The monoisotopic (exact) mass is 987 g/mol. The lowest BCUT2D eigenvalue weighted by molar-refractivity contribution is 0.296. The summed E-state index contributed by atoms with van der Waals surface area (Å²) >= 11 is 0. The molecule has 10 aromatic carbocycles. The lowest BCUT2D eigenvalue weighted by Crippen LogP contribution is -2.26. The first-order valence-electron chi connectivity index (χ1n) is 26.2. The number of hydrogen-bond acceptors (Lipinski definition) is 5. The van der Waals surface area contributed by atoms with Gasteiger partial charge in [0.15, 0.2) is 17.5 Å². The number of nitrogens with zero attached hydrogens (tertiary/aromatic N) is 5. The summed E-state index contributed by atoms with van der Waals surface area (Å²) in [6, 6.07) is 82.0. The maximum atomic E-state index is 6.38. The highest BCUT2D eigenvalue weighted by atomic mass is 16.5. The van der Waals surface area contributed by atoms with E-state index < -0.39 is 0 Å². The van der Waals surface area contributed by atoms with E-state index in [1.54, 1.807) is 0 Å². The van der Waals surface area contributed by atoms with Crippen molar-refractivity contribution in [2.75, 3.05) is 6.61 Å². The Morgan fingerprint density at radius 1 is 0.403 bits per heavy atom. The minimum absolute atomic E-state index is 0.219. The molecule has 1 unspecified atom stereocenters. The lowest BCUT2D eigenvalue weighted by Gasteiger charge is -2.26. The Labute approximate surface area is 442 Å². The van der Waals surface area contributed by atoms with Gasteiger partial charge in [0.2, 0.25) is 0 Å². The van der Waals surface area contributed by atoms with Crippen LogP contribution >= 0.6 is 0 Å². The summed E-state index contributed by atoms with van der Waals surface area (Å²) in [5.74, 6) is 2.81. The first-order chi connectivity index (χ1) is 38.1. The van der Waals surface area contributed by atoms with E-state index in [1.165, 1.54) is 27.4 Å². The van der Waals surface area contributed by atoms with Gasteiger partial charge in [-0.05, 0) is 95.9 Å². The average Bonchev–Trinajstić information content (AvgIpc) is 4.31. The van der Waals surface area contributed by atoms with Crippen LogP contribution < -0.4 is 4.74 Å². The van der Waals surface area contributed by atoms with Crippen LogP contribution in [0.2, 0.25) is 0 Å². The molecule has 0 saturated carbocycles. The number of allylic oxidation sites excluding steroid dienone is 3. The van der Waals surface area contributed by atoms with Gasteiger partial charge in [-0.2, -0.15) is 0 Å². The van der Waals surface area contributed by atoms with Crippen LogP contribution in [0.25, 0.3) is 128 Å². The van der Waals surface area contributed by atoms with Crippen molar-refractivity contribution in [3.05, 3.63) is 260 Å². The van der Waals surface area contributed by atoms with Crippen molar-refractivity contribution < 1.29 is 9.15 Å². The van der Waals surface area contributed by atoms with Crippen molar-refractivity contribution in [2.45, 2.75) is 11.8 Å². The highest BCUT2D eigenvalue weighted by Crippen LogP contribution is 2.46. The van der Waals surface area contributed by atoms with Crippen molar-refractivity contribution in [1.82, 2.24) is 24.1 Å². The maximum absolute atomic E-state index is 6.38. The second kappa shape index (κ2) is 17.0. The second-order valence-corrected chi connectivity index (χ2v) is 20.4. The molecule has 14 aromatic rings. The Morgan fingerprint density at radius 2 is 1.04 bits per heavy atom. The topological polar surface area (TPSA) is 70.9 Å². The van der Waals surface area contributed by atoms with E-state index in [9.17, 15) is 0 Å². The van der Waals surface area contributed by atoms with E-state index in [0.717, 1.165) is 106 Å². The third-order valence-electron chi connectivity index (χ3n) is 16.0. The van der Waals surface area contributed by atoms with Crippen LogP contribution in [0.5, 0.6) is 5.75 Å². The van der Waals surface area contributed by atoms with E-state index >= 15 is 0 Å². The summed E-state index contributed by atoms with van der Waals surface area (Å²) in [5, 5.41) is 7.00.